The minimum absolute atomic E-state index is 0.0927. The lowest BCUT2D eigenvalue weighted by atomic mass is 9.98. The summed E-state index contributed by atoms with van der Waals surface area (Å²) >= 11 is 0. The highest BCUT2D eigenvalue weighted by Gasteiger charge is 2.32. The number of benzene rings is 2. The SMILES string of the molecule is O=C(Nc1ccc(N2CCCCC2)cc1)[C@@H]1CCCN(S(=O)(=O)CCCc2ccccc2)C1. The Kier molecular flexibility index (Phi) is 8.04. The molecule has 33 heavy (non-hydrogen) atoms. The first-order chi connectivity index (χ1) is 16.0. The van der Waals surface area contributed by atoms with Crippen LogP contribution in [0.4, 0.5) is 11.4 Å². The minimum atomic E-state index is -3.36. The molecular formula is C26H35N3O3S. The van der Waals surface area contributed by atoms with E-state index in [0.717, 1.165) is 30.8 Å². The number of rotatable bonds is 8. The van der Waals surface area contributed by atoms with Crippen LogP contribution in [0.5, 0.6) is 0 Å². The zero-order valence-corrected chi connectivity index (χ0v) is 20.1. The van der Waals surface area contributed by atoms with Crippen LogP contribution in [0.2, 0.25) is 0 Å². The third kappa shape index (κ3) is 6.58. The van der Waals surface area contributed by atoms with Gasteiger partial charge in [0.25, 0.3) is 0 Å². The molecule has 2 aromatic carbocycles. The molecule has 2 heterocycles. The smallest absolute Gasteiger partial charge is 0.228 e. The molecule has 0 unspecified atom stereocenters. The summed E-state index contributed by atoms with van der Waals surface area (Å²) in [6.07, 6.45) is 6.51. The van der Waals surface area contributed by atoms with Gasteiger partial charge in [-0.15, -0.1) is 0 Å². The largest absolute Gasteiger partial charge is 0.372 e. The Balaban J connectivity index is 1.28. The number of nitrogens with one attached hydrogen (secondary N) is 1. The van der Waals surface area contributed by atoms with Crippen molar-refractivity contribution in [3.05, 3.63) is 60.2 Å². The van der Waals surface area contributed by atoms with Crippen molar-refractivity contribution < 1.29 is 13.2 Å². The number of amides is 1. The number of sulfonamides is 1. The van der Waals surface area contributed by atoms with Crippen molar-refractivity contribution in [2.24, 2.45) is 5.92 Å². The second-order valence-electron chi connectivity index (χ2n) is 9.19. The fourth-order valence-electron chi connectivity index (χ4n) is 4.79. The quantitative estimate of drug-likeness (QED) is 0.626. The number of anilines is 2. The third-order valence-corrected chi connectivity index (χ3v) is 8.64. The van der Waals surface area contributed by atoms with Crippen LogP contribution in [0.15, 0.2) is 54.6 Å². The van der Waals surface area contributed by atoms with Crippen molar-refractivity contribution in [2.75, 3.05) is 42.1 Å². The maximum atomic E-state index is 12.9. The molecule has 0 aromatic heterocycles. The van der Waals surface area contributed by atoms with E-state index in [1.54, 1.807) is 0 Å². The predicted molar refractivity (Wildman–Crippen MR) is 134 cm³/mol. The van der Waals surface area contributed by atoms with Gasteiger partial charge in [-0.2, -0.15) is 0 Å². The molecule has 6 nitrogen and oxygen atoms in total. The van der Waals surface area contributed by atoms with Gasteiger partial charge >= 0.3 is 0 Å². The molecule has 1 amide bonds. The van der Waals surface area contributed by atoms with Gasteiger partial charge in [0.05, 0.1) is 11.7 Å². The van der Waals surface area contributed by atoms with Gasteiger partial charge in [0.1, 0.15) is 0 Å². The molecule has 0 aliphatic carbocycles. The number of aryl methyl sites for hydroxylation is 1. The van der Waals surface area contributed by atoms with E-state index >= 15 is 0 Å². The third-order valence-electron chi connectivity index (χ3n) is 6.71. The molecule has 4 rings (SSSR count). The summed E-state index contributed by atoms with van der Waals surface area (Å²) in [6.45, 7) is 2.94. The summed E-state index contributed by atoms with van der Waals surface area (Å²) in [6, 6.07) is 18.0. The summed E-state index contributed by atoms with van der Waals surface area (Å²) in [5.41, 5.74) is 3.11. The summed E-state index contributed by atoms with van der Waals surface area (Å²) < 4.78 is 27.3. The van der Waals surface area contributed by atoms with E-state index < -0.39 is 10.0 Å². The van der Waals surface area contributed by atoms with Crippen LogP contribution in [-0.4, -0.2) is 50.6 Å². The molecule has 0 radical (unpaired) electrons. The molecule has 7 heteroatoms. The number of carbonyl (C=O) groups is 1. The Morgan fingerprint density at radius 1 is 0.909 bits per heavy atom. The molecule has 178 valence electrons. The highest BCUT2D eigenvalue weighted by atomic mass is 32.2. The standard InChI is InChI=1S/C26H35N3O3S/c30-26(27-24-13-15-25(16-14-24)28-17-5-2-6-18-28)23-12-7-19-29(21-23)33(31,32)20-8-11-22-9-3-1-4-10-22/h1,3-4,9-10,13-16,23H,2,5-8,11-12,17-21H2,(H,27,30)/t23-/m1/s1. The first-order valence-electron chi connectivity index (χ1n) is 12.2. The van der Waals surface area contributed by atoms with Crippen molar-refractivity contribution in [3.63, 3.8) is 0 Å². The van der Waals surface area contributed by atoms with Crippen LogP contribution in [0, 0.1) is 5.92 Å². The van der Waals surface area contributed by atoms with E-state index in [1.807, 2.05) is 42.5 Å². The van der Waals surface area contributed by atoms with Gasteiger partial charge in [-0.1, -0.05) is 30.3 Å². The number of nitrogens with zero attached hydrogens (tertiary/aromatic N) is 2. The maximum absolute atomic E-state index is 12.9. The molecule has 1 N–H and O–H groups in total. The van der Waals surface area contributed by atoms with Crippen LogP contribution in [0.25, 0.3) is 0 Å². The molecule has 2 aliphatic heterocycles. The monoisotopic (exact) mass is 469 g/mol. The summed E-state index contributed by atoms with van der Waals surface area (Å²) in [5, 5.41) is 3.00. The van der Waals surface area contributed by atoms with Crippen LogP contribution in [0.3, 0.4) is 0 Å². The Hall–Kier alpha value is -2.38. The van der Waals surface area contributed by atoms with Crippen LogP contribution in [-0.2, 0) is 21.2 Å². The van der Waals surface area contributed by atoms with Gasteiger partial charge in [0, 0.05) is 37.6 Å². The molecule has 2 fully saturated rings. The summed E-state index contributed by atoms with van der Waals surface area (Å²) in [5.74, 6) is -0.289. The summed E-state index contributed by atoms with van der Waals surface area (Å²) in [4.78, 5) is 15.3. The summed E-state index contributed by atoms with van der Waals surface area (Å²) in [7, 11) is -3.36. The van der Waals surface area contributed by atoms with Crippen molar-refractivity contribution in [1.82, 2.24) is 4.31 Å². The first kappa shape index (κ1) is 23.8. The lowest BCUT2D eigenvalue weighted by Crippen LogP contribution is -2.44. The maximum Gasteiger partial charge on any atom is 0.228 e. The number of hydrogen-bond acceptors (Lipinski definition) is 4. The van der Waals surface area contributed by atoms with Crippen LogP contribution in [0.1, 0.15) is 44.1 Å². The minimum Gasteiger partial charge on any atom is -0.372 e. The molecule has 0 saturated carbocycles. The van der Waals surface area contributed by atoms with E-state index in [1.165, 1.54) is 29.3 Å². The average Bonchev–Trinajstić information content (AvgIpc) is 2.86. The average molecular weight is 470 g/mol. The van der Waals surface area contributed by atoms with E-state index in [-0.39, 0.29) is 24.1 Å². The van der Waals surface area contributed by atoms with Gasteiger partial charge in [0.15, 0.2) is 0 Å². The van der Waals surface area contributed by atoms with E-state index in [4.69, 9.17) is 0 Å². The molecule has 0 bridgehead atoms. The van der Waals surface area contributed by atoms with Gasteiger partial charge in [-0.3, -0.25) is 4.79 Å². The number of piperidine rings is 2. The van der Waals surface area contributed by atoms with Crippen LogP contribution < -0.4 is 10.2 Å². The Morgan fingerprint density at radius 2 is 1.64 bits per heavy atom. The van der Waals surface area contributed by atoms with E-state index in [9.17, 15) is 13.2 Å². The Morgan fingerprint density at radius 3 is 2.36 bits per heavy atom. The second kappa shape index (κ2) is 11.2. The number of carbonyl (C=O) groups excluding carboxylic acids is 1. The first-order valence-corrected chi connectivity index (χ1v) is 13.8. The lowest BCUT2D eigenvalue weighted by Gasteiger charge is -2.31. The molecule has 2 aliphatic rings. The lowest BCUT2D eigenvalue weighted by molar-refractivity contribution is -0.120. The molecule has 2 aromatic rings. The number of hydrogen-bond donors (Lipinski definition) is 1. The highest BCUT2D eigenvalue weighted by Crippen LogP contribution is 2.24. The van der Waals surface area contributed by atoms with Crippen molar-refractivity contribution in [2.45, 2.75) is 44.9 Å². The molecule has 0 spiro atoms. The molecular weight excluding hydrogens is 434 g/mol. The predicted octanol–water partition coefficient (Wildman–Crippen LogP) is 4.29. The highest BCUT2D eigenvalue weighted by molar-refractivity contribution is 7.89. The van der Waals surface area contributed by atoms with Gasteiger partial charge in [0.2, 0.25) is 15.9 Å². The van der Waals surface area contributed by atoms with Gasteiger partial charge < -0.3 is 10.2 Å². The second-order valence-corrected chi connectivity index (χ2v) is 11.3. The normalized spacial score (nSPS) is 19.9. The molecule has 1 atom stereocenters. The fraction of sp³-hybridized carbons (Fsp3) is 0.500. The molecule has 2 saturated heterocycles. The zero-order valence-electron chi connectivity index (χ0n) is 19.3. The van der Waals surface area contributed by atoms with Crippen molar-refractivity contribution >= 4 is 27.3 Å². The van der Waals surface area contributed by atoms with Crippen molar-refractivity contribution in [1.29, 1.82) is 0 Å². The zero-order chi connectivity index (χ0) is 23.1. The Bertz CT molecular complexity index is 1000. The van der Waals surface area contributed by atoms with Gasteiger partial charge in [-0.05, 0) is 74.8 Å². The Labute approximate surface area is 198 Å². The fourth-order valence-corrected chi connectivity index (χ4v) is 6.38. The van der Waals surface area contributed by atoms with Crippen molar-refractivity contribution in [3.8, 4) is 0 Å². The van der Waals surface area contributed by atoms with E-state index in [0.29, 0.717) is 25.8 Å². The topological polar surface area (TPSA) is 69.7 Å². The van der Waals surface area contributed by atoms with Gasteiger partial charge in [-0.25, -0.2) is 12.7 Å². The van der Waals surface area contributed by atoms with E-state index in [2.05, 4.69) is 22.3 Å². The van der Waals surface area contributed by atoms with Crippen LogP contribution >= 0.6 is 0 Å².